The van der Waals surface area contributed by atoms with E-state index in [1.807, 2.05) is 13.0 Å². The van der Waals surface area contributed by atoms with Crippen molar-refractivity contribution in [3.05, 3.63) is 12.2 Å². The molecule has 0 aromatic heterocycles. The van der Waals surface area contributed by atoms with Crippen LogP contribution in [-0.4, -0.2) is 19.8 Å². The zero-order chi connectivity index (χ0) is 10.9. The molecule has 0 aromatic rings. The lowest BCUT2D eigenvalue weighted by Crippen LogP contribution is -2.00. The Morgan fingerprint density at radius 3 is 2.00 bits per heavy atom. The lowest BCUT2D eigenvalue weighted by atomic mass is 10.4. The van der Waals surface area contributed by atoms with Crippen molar-refractivity contribution in [2.75, 3.05) is 19.8 Å². The summed E-state index contributed by atoms with van der Waals surface area (Å²) in [6, 6.07) is 0. The van der Waals surface area contributed by atoms with E-state index in [1.54, 1.807) is 19.9 Å². The molecule has 84 valence electrons. The van der Waals surface area contributed by atoms with Crippen molar-refractivity contribution in [1.82, 2.24) is 0 Å². The van der Waals surface area contributed by atoms with Crippen LogP contribution in [0.1, 0.15) is 27.2 Å². The Labute approximate surface area is 85.9 Å². The molecule has 0 aromatic carbocycles. The largest absolute Gasteiger partial charge is 0.475 e. The highest BCUT2D eigenvalue weighted by molar-refractivity contribution is 7.48. The first-order valence-corrected chi connectivity index (χ1v) is 6.33. The van der Waals surface area contributed by atoms with Gasteiger partial charge >= 0.3 is 7.82 Å². The second kappa shape index (κ2) is 8.18. The van der Waals surface area contributed by atoms with Crippen LogP contribution in [0.2, 0.25) is 0 Å². The van der Waals surface area contributed by atoms with Gasteiger partial charge in [-0.15, -0.1) is 0 Å². The average molecular weight is 222 g/mol. The minimum atomic E-state index is -3.31. The zero-order valence-electron chi connectivity index (χ0n) is 9.06. The molecule has 0 unspecified atom stereocenters. The molecule has 0 saturated carbocycles. The fourth-order valence-electron chi connectivity index (χ4n) is 0.797. The predicted molar refractivity (Wildman–Crippen MR) is 56.2 cm³/mol. The Bertz CT molecular complexity index is 193. The number of phosphoric acid groups is 1. The van der Waals surface area contributed by atoms with Gasteiger partial charge in [-0.25, -0.2) is 4.57 Å². The molecule has 0 aliphatic carbocycles. The molecule has 0 bridgehead atoms. The Balaban J connectivity index is 3.95. The number of hydrogen-bond acceptors (Lipinski definition) is 4. The minimum Gasteiger partial charge on any atom is -0.287 e. The van der Waals surface area contributed by atoms with E-state index >= 15 is 0 Å². The Hall–Kier alpha value is -0.150. The molecule has 0 fully saturated rings. The summed E-state index contributed by atoms with van der Waals surface area (Å²) in [6.07, 6.45) is 4.66. The van der Waals surface area contributed by atoms with Crippen LogP contribution < -0.4 is 0 Å². The molecule has 0 saturated heterocycles. The molecule has 0 atom stereocenters. The van der Waals surface area contributed by atoms with Gasteiger partial charge in [0.25, 0.3) is 0 Å². The fraction of sp³-hybridized carbons (Fsp3) is 0.778. The van der Waals surface area contributed by atoms with Gasteiger partial charge in [0.15, 0.2) is 0 Å². The number of phosphoric ester groups is 1. The molecule has 0 radical (unpaired) electrons. The zero-order valence-corrected chi connectivity index (χ0v) is 9.96. The topological polar surface area (TPSA) is 44.8 Å². The lowest BCUT2D eigenvalue weighted by Gasteiger charge is -2.14. The smallest absolute Gasteiger partial charge is 0.287 e. The van der Waals surface area contributed by atoms with Crippen molar-refractivity contribution in [1.29, 1.82) is 0 Å². The highest BCUT2D eigenvalue weighted by Crippen LogP contribution is 2.48. The summed E-state index contributed by atoms with van der Waals surface area (Å²) in [5, 5.41) is 0. The third-order valence-electron chi connectivity index (χ3n) is 1.31. The monoisotopic (exact) mass is 222 g/mol. The van der Waals surface area contributed by atoms with Crippen LogP contribution in [-0.2, 0) is 18.1 Å². The molecule has 5 heteroatoms. The van der Waals surface area contributed by atoms with Gasteiger partial charge in [-0.2, -0.15) is 0 Å². The van der Waals surface area contributed by atoms with Gasteiger partial charge in [0.2, 0.25) is 0 Å². The second-order valence-corrected chi connectivity index (χ2v) is 4.13. The van der Waals surface area contributed by atoms with Crippen molar-refractivity contribution in [3.8, 4) is 0 Å². The lowest BCUT2D eigenvalue weighted by molar-refractivity contribution is 0.131. The number of hydrogen-bond donors (Lipinski definition) is 0. The molecular weight excluding hydrogens is 203 g/mol. The molecule has 0 aliphatic heterocycles. The molecule has 0 N–H and O–H groups in total. The van der Waals surface area contributed by atoms with Gasteiger partial charge in [0, 0.05) is 0 Å². The van der Waals surface area contributed by atoms with E-state index in [1.165, 1.54) is 0 Å². The quantitative estimate of drug-likeness (QED) is 0.467. The Morgan fingerprint density at radius 1 is 1.00 bits per heavy atom. The van der Waals surface area contributed by atoms with Crippen LogP contribution in [0, 0.1) is 0 Å². The van der Waals surface area contributed by atoms with Crippen molar-refractivity contribution in [2.45, 2.75) is 27.2 Å². The molecular formula is C9H19O4P. The van der Waals surface area contributed by atoms with E-state index in [2.05, 4.69) is 0 Å². The molecule has 14 heavy (non-hydrogen) atoms. The van der Waals surface area contributed by atoms with E-state index in [0.29, 0.717) is 13.2 Å². The van der Waals surface area contributed by atoms with Crippen LogP contribution >= 0.6 is 7.82 Å². The predicted octanol–water partition coefficient (Wildman–Crippen LogP) is 3.15. The summed E-state index contributed by atoms with van der Waals surface area (Å²) in [4.78, 5) is 0. The minimum absolute atomic E-state index is 0.255. The normalized spacial score (nSPS) is 12.5. The summed E-state index contributed by atoms with van der Waals surface area (Å²) in [5.41, 5.74) is 0. The third kappa shape index (κ3) is 6.33. The van der Waals surface area contributed by atoms with Gasteiger partial charge in [0.1, 0.15) is 0 Å². The summed E-state index contributed by atoms with van der Waals surface area (Å²) < 4.78 is 26.6. The van der Waals surface area contributed by atoms with E-state index in [4.69, 9.17) is 13.6 Å². The maximum absolute atomic E-state index is 11.7. The van der Waals surface area contributed by atoms with E-state index < -0.39 is 7.82 Å². The van der Waals surface area contributed by atoms with Gasteiger partial charge in [-0.1, -0.05) is 19.1 Å². The average Bonchev–Trinajstić information content (AvgIpc) is 2.13. The van der Waals surface area contributed by atoms with Gasteiger partial charge < -0.3 is 0 Å². The molecule has 4 nitrogen and oxygen atoms in total. The summed E-state index contributed by atoms with van der Waals surface area (Å²) in [5.74, 6) is 0. The highest BCUT2D eigenvalue weighted by atomic mass is 31.2. The number of allylic oxidation sites excluding steroid dienone is 1. The van der Waals surface area contributed by atoms with Crippen molar-refractivity contribution in [2.24, 2.45) is 0 Å². The Kier molecular flexibility index (Phi) is 8.09. The van der Waals surface area contributed by atoms with Crippen LogP contribution in [0.3, 0.4) is 0 Å². The Morgan fingerprint density at radius 2 is 1.57 bits per heavy atom. The van der Waals surface area contributed by atoms with E-state index in [9.17, 15) is 4.57 Å². The van der Waals surface area contributed by atoms with Crippen LogP contribution in [0.5, 0.6) is 0 Å². The van der Waals surface area contributed by atoms with Gasteiger partial charge in [-0.3, -0.25) is 13.6 Å². The molecule has 0 aliphatic rings. The maximum Gasteiger partial charge on any atom is 0.475 e. The number of rotatable bonds is 8. The van der Waals surface area contributed by atoms with Crippen LogP contribution in [0.4, 0.5) is 0 Å². The second-order valence-electron chi connectivity index (χ2n) is 2.46. The first-order valence-electron chi connectivity index (χ1n) is 4.87. The van der Waals surface area contributed by atoms with Gasteiger partial charge in [-0.05, 0) is 20.3 Å². The SMILES string of the molecule is CC/C=C\COP(=O)(OCC)OCC. The molecule has 0 spiro atoms. The standard InChI is InChI=1S/C9H19O4P/c1-4-7-8-9-13-14(10,11-5-2)12-6-3/h7-8H,4-6,9H2,1-3H3/b8-7-. The molecule has 0 rings (SSSR count). The van der Waals surface area contributed by atoms with Crippen molar-refractivity contribution in [3.63, 3.8) is 0 Å². The van der Waals surface area contributed by atoms with Crippen molar-refractivity contribution < 1.29 is 18.1 Å². The maximum atomic E-state index is 11.7. The first kappa shape index (κ1) is 13.8. The van der Waals surface area contributed by atoms with Crippen LogP contribution in [0.25, 0.3) is 0 Å². The van der Waals surface area contributed by atoms with Crippen LogP contribution in [0.15, 0.2) is 12.2 Å². The highest BCUT2D eigenvalue weighted by Gasteiger charge is 2.24. The van der Waals surface area contributed by atoms with E-state index in [0.717, 1.165) is 6.42 Å². The summed E-state index contributed by atoms with van der Waals surface area (Å²) in [7, 11) is -3.31. The summed E-state index contributed by atoms with van der Waals surface area (Å²) in [6.45, 7) is 6.39. The third-order valence-corrected chi connectivity index (χ3v) is 2.92. The molecule has 0 heterocycles. The van der Waals surface area contributed by atoms with E-state index in [-0.39, 0.29) is 6.61 Å². The van der Waals surface area contributed by atoms with Crippen molar-refractivity contribution >= 4 is 7.82 Å². The summed E-state index contributed by atoms with van der Waals surface area (Å²) >= 11 is 0. The fourth-order valence-corrected chi connectivity index (χ4v) is 1.92. The first-order chi connectivity index (χ1) is 6.68. The molecule has 0 amide bonds. The van der Waals surface area contributed by atoms with Gasteiger partial charge in [0.05, 0.1) is 19.8 Å².